The van der Waals surface area contributed by atoms with E-state index < -0.39 is 11.7 Å². The third-order valence-electron chi connectivity index (χ3n) is 2.95. The highest BCUT2D eigenvalue weighted by molar-refractivity contribution is 5.94. The maximum atomic E-state index is 12.4. The minimum absolute atomic E-state index is 0.197. The van der Waals surface area contributed by atoms with Crippen LogP contribution in [0.2, 0.25) is 0 Å². The van der Waals surface area contributed by atoms with Gasteiger partial charge in [0.1, 0.15) is 0 Å². The van der Waals surface area contributed by atoms with Gasteiger partial charge in [0.15, 0.2) is 0 Å². The molecule has 18 heavy (non-hydrogen) atoms. The van der Waals surface area contributed by atoms with Gasteiger partial charge in [0.2, 0.25) is 0 Å². The van der Waals surface area contributed by atoms with Crippen molar-refractivity contribution >= 4 is 5.91 Å². The van der Waals surface area contributed by atoms with Gasteiger partial charge in [-0.05, 0) is 24.3 Å². The van der Waals surface area contributed by atoms with Crippen LogP contribution >= 0.6 is 0 Å². The minimum atomic E-state index is -4.36. The summed E-state index contributed by atoms with van der Waals surface area (Å²) in [6.07, 6.45) is -4.36. The summed E-state index contributed by atoms with van der Waals surface area (Å²) >= 11 is 0. The molecule has 0 unspecified atom stereocenters. The number of carbonyl (C=O) groups excluding carboxylic acids is 1. The third kappa shape index (κ3) is 2.81. The molecule has 0 aliphatic carbocycles. The van der Waals surface area contributed by atoms with Gasteiger partial charge in [-0.2, -0.15) is 13.2 Å². The first kappa shape index (κ1) is 12.9. The van der Waals surface area contributed by atoms with Gasteiger partial charge in [-0.15, -0.1) is 0 Å². The molecule has 2 rings (SSSR count). The van der Waals surface area contributed by atoms with E-state index in [1.54, 1.807) is 4.90 Å². The van der Waals surface area contributed by atoms with Crippen molar-refractivity contribution in [2.24, 2.45) is 0 Å². The van der Waals surface area contributed by atoms with Crippen LogP contribution in [0.3, 0.4) is 0 Å². The molecule has 1 aromatic carbocycles. The van der Waals surface area contributed by atoms with Gasteiger partial charge in [-0.3, -0.25) is 4.79 Å². The van der Waals surface area contributed by atoms with Crippen LogP contribution in [-0.2, 0) is 6.18 Å². The number of amides is 1. The highest BCUT2D eigenvalue weighted by atomic mass is 19.4. The van der Waals surface area contributed by atoms with Gasteiger partial charge < -0.3 is 10.2 Å². The van der Waals surface area contributed by atoms with Gasteiger partial charge in [0.05, 0.1) is 31.7 Å². The number of rotatable bonds is 1. The van der Waals surface area contributed by atoms with Crippen molar-refractivity contribution in [3.05, 3.63) is 35.4 Å². The van der Waals surface area contributed by atoms with Crippen molar-refractivity contribution in [1.29, 1.82) is 0 Å². The Morgan fingerprint density at radius 2 is 1.67 bits per heavy atom. The average Bonchev–Trinajstić information content (AvgIpc) is 2.38. The molecule has 1 saturated heterocycles. The lowest BCUT2D eigenvalue weighted by Crippen LogP contribution is -2.89. The first-order valence-corrected chi connectivity index (χ1v) is 5.76. The smallest absolute Gasteiger partial charge is 0.343 e. The number of quaternary nitrogens is 1. The highest BCUT2D eigenvalue weighted by Crippen LogP contribution is 2.29. The predicted molar refractivity (Wildman–Crippen MR) is 59.0 cm³/mol. The molecule has 0 bridgehead atoms. The SMILES string of the molecule is O=C(c1ccc(C(F)(F)F)cc1)N1CC[NH2+]CC1. The van der Waals surface area contributed by atoms with Crippen LogP contribution in [0.4, 0.5) is 13.2 Å². The molecule has 0 radical (unpaired) electrons. The quantitative estimate of drug-likeness (QED) is 0.793. The van der Waals surface area contributed by atoms with E-state index in [1.165, 1.54) is 12.1 Å². The summed E-state index contributed by atoms with van der Waals surface area (Å²) < 4.78 is 37.1. The monoisotopic (exact) mass is 259 g/mol. The second-order valence-electron chi connectivity index (χ2n) is 4.23. The summed E-state index contributed by atoms with van der Waals surface area (Å²) in [5, 5.41) is 2.11. The van der Waals surface area contributed by atoms with E-state index in [-0.39, 0.29) is 5.91 Å². The van der Waals surface area contributed by atoms with Crippen LogP contribution in [0.25, 0.3) is 0 Å². The van der Waals surface area contributed by atoms with Crippen molar-refractivity contribution in [3.63, 3.8) is 0 Å². The fraction of sp³-hybridized carbons (Fsp3) is 0.417. The van der Waals surface area contributed by atoms with Crippen molar-refractivity contribution in [1.82, 2.24) is 4.90 Å². The number of benzene rings is 1. The molecule has 0 spiro atoms. The Morgan fingerprint density at radius 3 is 2.17 bits per heavy atom. The molecule has 0 aromatic heterocycles. The van der Waals surface area contributed by atoms with Crippen LogP contribution < -0.4 is 5.32 Å². The number of nitrogens with two attached hydrogens (primary N) is 1. The summed E-state index contributed by atoms with van der Waals surface area (Å²) in [6.45, 7) is 2.96. The van der Waals surface area contributed by atoms with Crippen molar-refractivity contribution < 1.29 is 23.3 Å². The summed E-state index contributed by atoms with van der Waals surface area (Å²) in [5.41, 5.74) is -0.420. The first-order chi connectivity index (χ1) is 8.48. The number of piperazine rings is 1. The Hall–Kier alpha value is -1.56. The van der Waals surface area contributed by atoms with Crippen LogP contribution in [0.1, 0.15) is 15.9 Å². The summed E-state index contributed by atoms with van der Waals surface area (Å²) in [7, 11) is 0. The van der Waals surface area contributed by atoms with Crippen LogP contribution in [0, 0.1) is 0 Å². The molecular weight excluding hydrogens is 245 g/mol. The fourth-order valence-corrected chi connectivity index (χ4v) is 1.94. The molecule has 1 heterocycles. The molecule has 1 fully saturated rings. The zero-order chi connectivity index (χ0) is 13.2. The topological polar surface area (TPSA) is 36.9 Å². The number of carbonyl (C=O) groups is 1. The maximum absolute atomic E-state index is 12.4. The molecule has 1 aromatic rings. The Morgan fingerprint density at radius 1 is 1.11 bits per heavy atom. The van der Waals surface area contributed by atoms with Gasteiger partial charge in [-0.25, -0.2) is 0 Å². The predicted octanol–water partition coefficient (Wildman–Crippen LogP) is 0.725. The van der Waals surface area contributed by atoms with E-state index in [1.807, 2.05) is 0 Å². The van der Waals surface area contributed by atoms with Crippen molar-refractivity contribution in [2.45, 2.75) is 6.18 Å². The molecule has 1 aliphatic heterocycles. The van der Waals surface area contributed by atoms with E-state index >= 15 is 0 Å². The van der Waals surface area contributed by atoms with E-state index in [9.17, 15) is 18.0 Å². The lowest BCUT2D eigenvalue weighted by Gasteiger charge is -2.25. The minimum Gasteiger partial charge on any atom is -0.343 e. The van der Waals surface area contributed by atoms with E-state index in [0.717, 1.165) is 25.2 Å². The standard InChI is InChI=1S/C12H13F3N2O/c13-12(14,15)10-3-1-9(2-4-10)11(18)17-7-5-16-6-8-17/h1-4,16H,5-8H2/p+1. The zero-order valence-corrected chi connectivity index (χ0v) is 9.70. The van der Waals surface area contributed by atoms with Gasteiger partial charge in [-0.1, -0.05) is 0 Å². The second kappa shape index (κ2) is 4.97. The lowest BCUT2D eigenvalue weighted by atomic mass is 10.1. The van der Waals surface area contributed by atoms with Crippen molar-refractivity contribution in [2.75, 3.05) is 26.2 Å². The Labute approximate surface area is 103 Å². The molecule has 0 atom stereocenters. The summed E-state index contributed by atoms with van der Waals surface area (Å²) in [5.74, 6) is -0.197. The van der Waals surface area contributed by atoms with Gasteiger partial charge in [0, 0.05) is 5.56 Å². The molecule has 0 saturated carbocycles. The Bertz CT molecular complexity index is 422. The van der Waals surface area contributed by atoms with Crippen LogP contribution in [0.15, 0.2) is 24.3 Å². The molecular formula is C12H14F3N2O+. The number of nitrogens with zero attached hydrogens (tertiary/aromatic N) is 1. The zero-order valence-electron chi connectivity index (χ0n) is 9.70. The first-order valence-electron chi connectivity index (χ1n) is 5.76. The Kier molecular flexibility index (Phi) is 3.56. The summed E-state index contributed by atoms with van der Waals surface area (Å²) in [4.78, 5) is 13.7. The molecule has 3 nitrogen and oxygen atoms in total. The largest absolute Gasteiger partial charge is 0.416 e. The molecule has 98 valence electrons. The number of hydrogen-bond donors (Lipinski definition) is 1. The Balaban J connectivity index is 2.11. The van der Waals surface area contributed by atoms with E-state index in [2.05, 4.69) is 5.32 Å². The van der Waals surface area contributed by atoms with Gasteiger partial charge in [0.25, 0.3) is 5.91 Å². The van der Waals surface area contributed by atoms with Gasteiger partial charge >= 0.3 is 6.18 Å². The number of halogens is 3. The van der Waals surface area contributed by atoms with Crippen molar-refractivity contribution in [3.8, 4) is 0 Å². The van der Waals surface area contributed by atoms with E-state index in [4.69, 9.17) is 0 Å². The lowest BCUT2D eigenvalue weighted by molar-refractivity contribution is -0.661. The van der Waals surface area contributed by atoms with E-state index in [0.29, 0.717) is 18.7 Å². The normalized spacial score (nSPS) is 16.7. The molecule has 2 N–H and O–H groups in total. The number of hydrogen-bond acceptors (Lipinski definition) is 1. The summed E-state index contributed by atoms with van der Waals surface area (Å²) in [6, 6.07) is 4.37. The van der Waals surface area contributed by atoms with Crippen LogP contribution in [0.5, 0.6) is 0 Å². The molecule has 6 heteroatoms. The molecule has 1 aliphatic rings. The third-order valence-corrected chi connectivity index (χ3v) is 2.95. The highest BCUT2D eigenvalue weighted by Gasteiger charge is 2.30. The maximum Gasteiger partial charge on any atom is 0.416 e. The number of alkyl halides is 3. The second-order valence-corrected chi connectivity index (χ2v) is 4.23. The molecule has 1 amide bonds. The fourth-order valence-electron chi connectivity index (χ4n) is 1.94. The average molecular weight is 259 g/mol. The van der Waals surface area contributed by atoms with Crippen LogP contribution in [-0.4, -0.2) is 37.0 Å².